The predicted molar refractivity (Wildman–Crippen MR) is 117 cm³/mol. The van der Waals surface area contributed by atoms with Crippen LogP contribution in [-0.4, -0.2) is 15.0 Å². The van der Waals surface area contributed by atoms with Gasteiger partial charge in [0.2, 0.25) is 5.91 Å². The quantitative estimate of drug-likeness (QED) is 0.542. The van der Waals surface area contributed by atoms with Gasteiger partial charge in [-0.25, -0.2) is 13.8 Å². The smallest absolute Gasteiger partial charge is 0.336 e. The molecule has 0 saturated carbocycles. The number of fused-ring (bicyclic) bond motifs is 1. The number of hydrogen-bond donors (Lipinski definition) is 1. The summed E-state index contributed by atoms with van der Waals surface area (Å²) >= 11 is 0. The van der Waals surface area contributed by atoms with Gasteiger partial charge < -0.3 is 5.32 Å². The van der Waals surface area contributed by atoms with Gasteiger partial charge in [0.15, 0.2) is 0 Å². The van der Waals surface area contributed by atoms with Crippen LogP contribution >= 0.6 is 0 Å². The maximum absolute atomic E-state index is 13.3. The fourth-order valence-corrected chi connectivity index (χ4v) is 3.55. The number of amides is 1. The molecule has 0 spiro atoms. The van der Waals surface area contributed by atoms with Crippen LogP contribution in [0.5, 0.6) is 0 Å². The lowest BCUT2D eigenvalue weighted by Crippen LogP contribution is -2.42. The minimum atomic E-state index is -0.669. The van der Waals surface area contributed by atoms with Crippen LogP contribution < -0.4 is 16.6 Å². The van der Waals surface area contributed by atoms with Crippen molar-refractivity contribution >= 4 is 16.8 Å². The second-order valence-corrected chi connectivity index (χ2v) is 7.20. The van der Waals surface area contributed by atoms with Crippen LogP contribution in [0.2, 0.25) is 0 Å². The fourth-order valence-electron chi connectivity index (χ4n) is 3.55. The lowest BCUT2D eigenvalue weighted by atomic mass is 10.1. The van der Waals surface area contributed by atoms with Crippen LogP contribution in [0.4, 0.5) is 4.39 Å². The van der Waals surface area contributed by atoms with Crippen molar-refractivity contribution in [3.05, 3.63) is 111 Å². The summed E-state index contributed by atoms with van der Waals surface area (Å²) in [6, 6.07) is 20.9. The highest BCUT2D eigenvalue weighted by molar-refractivity contribution is 5.82. The molecular weight excluding hydrogens is 397 g/mol. The molecule has 4 rings (SSSR count). The number of carbonyl (C=O) groups excluding carboxylic acids is 1. The third-order valence-electron chi connectivity index (χ3n) is 5.11. The van der Waals surface area contributed by atoms with Gasteiger partial charge in [-0.2, -0.15) is 0 Å². The molecular formula is C24H20FN3O3. The lowest BCUT2D eigenvalue weighted by Gasteiger charge is -2.17. The summed E-state index contributed by atoms with van der Waals surface area (Å²) in [6.07, 6.45) is 0. The molecule has 6 nitrogen and oxygen atoms in total. The second kappa shape index (κ2) is 8.39. The highest BCUT2D eigenvalue weighted by Gasteiger charge is 2.17. The molecule has 0 bridgehead atoms. The number of rotatable bonds is 5. The van der Waals surface area contributed by atoms with Crippen LogP contribution in [0.15, 0.2) is 88.5 Å². The van der Waals surface area contributed by atoms with Crippen LogP contribution in [0.25, 0.3) is 16.6 Å². The Morgan fingerprint density at radius 1 is 0.935 bits per heavy atom. The lowest BCUT2D eigenvalue weighted by molar-refractivity contribution is -0.122. The topological polar surface area (TPSA) is 73.1 Å². The van der Waals surface area contributed by atoms with E-state index < -0.39 is 17.1 Å². The fraction of sp³-hybridized carbons (Fsp3) is 0.125. The van der Waals surface area contributed by atoms with E-state index in [1.54, 1.807) is 24.3 Å². The normalized spacial score (nSPS) is 11.9. The van der Waals surface area contributed by atoms with Crippen molar-refractivity contribution < 1.29 is 9.18 Å². The largest absolute Gasteiger partial charge is 0.348 e. The number of carbonyl (C=O) groups is 1. The van der Waals surface area contributed by atoms with Gasteiger partial charge in [0, 0.05) is 0 Å². The molecule has 0 aliphatic rings. The van der Waals surface area contributed by atoms with Gasteiger partial charge in [-0.05, 0) is 48.9 Å². The maximum Gasteiger partial charge on any atom is 0.336 e. The monoisotopic (exact) mass is 417 g/mol. The maximum atomic E-state index is 13.3. The minimum absolute atomic E-state index is 0.231. The summed E-state index contributed by atoms with van der Waals surface area (Å²) < 4.78 is 15.6. The Hall–Kier alpha value is -4.00. The summed E-state index contributed by atoms with van der Waals surface area (Å²) in [6.45, 7) is 1.59. The van der Waals surface area contributed by atoms with E-state index in [4.69, 9.17) is 0 Å². The van der Waals surface area contributed by atoms with Crippen molar-refractivity contribution in [2.24, 2.45) is 0 Å². The first-order valence-electron chi connectivity index (χ1n) is 9.80. The number of halogens is 1. The molecule has 0 saturated heterocycles. The highest BCUT2D eigenvalue weighted by atomic mass is 19.1. The van der Waals surface area contributed by atoms with Crippen molar-refractivity contribution in [3.8, 4) is 5.69 Å². The van der Waals surface area contributed by atoms with Gasteiger partial charge in [-0.15, -0.1) is 0 Å². The second-order valence-electron chi connectivity index (χ2n) is 7.20. The van der Waals surface area contributed by atoms with E-state index in [1.165, 1.54) is 28.8 Å². The Kier molecular flexibility index (Phi) is 5.49. The minimum Gasteiger partial charge on any atom is -0.348 e. The van der Waals surface area contributed by atoms with E-state index in [2.05, 4.69) is 5.32 Å². The third kappa shape index (κ3) is 4.02. The molecule has 1 amide bonds. The van der Waals surface area contributed by atoms with Gasteiger partial charge in [0.25, 0.3) is 5.56 Å². The van der Waals surface area contributed by atoms with Gasteiger partial charge in [-0.3, -0.25) is 14.2 Å². The molecule has 0 aliphatic carbocycles. The summed E-state index contributed by atoms with van der Waals surface area (Å²) in [4.78, 5) is 39.0. The molecule has 4 aromatic rings. The van der Waals surface area contributed by atoms with Crippen molar-refractivity contribution in [1.29, 1.82) is 0 Å². The van der Waals surface area contributed by atoms with E-state index in [1.807, 2.05) is 37.3 Å². The van der Waals surface area contributed by atoms with E-state index in [0.717, 1.165) is 10.1 Å². The molecule has 1 heterocycles. The summed E-state index contributed by atoms with van der Waals surface area (Å²) in [7, 11) is 0. The number of hydrogen-bond acceptors (Lipinski definition) is 3. The molecule has 1 aromatic heterocycles. The average Bonchev–Trinajstić information content (AvgIpc) is 2.78. The first-order valence-corrected chi connectivity index (χ1v) is 9.80. The molecule has 7 heteroatoms. The molecule has 156 valence electrons. The molecule has 1 unspecified atom stereocenters. The van der Waals surface area contributed by atoms with E-state index in [0.29, 0.717) is 5.52 Å². The number of nitrogens with one attached hydrogen (secondary N) is 1. The summed E-state index contributed by atoms with van der Waals surface area (Å²) in [5.41, 5.74) is 0.330. The third-order valence-corrected chi connectivity index (χ3v) is 5.11. The average molecular weight is 417 g/mol. The first kappa shape index (κ1) is 20.3. The van der Waals surface area contributed by atoms with Gasteiger partial charge >= 0.3 is 5.69 Å². The zero-order valence-electron chi connectivity index (χ0n) is 16.8. The molecule has 1 atom stereocenters. The number of nitrogens with zero attached hydrogens (tertiary/aromatic N) is 2. The Labute approximate surface area is 177 Å². The van der Waals surface area contributed by atoms with Crippen molar-refractivity contribution in [1.82, 2.24) is 14.5 Å². The van der Waals surface area contributed by atoms with Crippen LogP contribution in [0.1, 0.15) is 18.5 Å². The van der Waals surface area contributed by atoms with E-state index in [9.17, 15) is 18.8 Å². The molecule has 3 aromatic carbocycles. The van der Waals surface area contributed by atoms with E-state index >= 15 is 0 Å². The van der Waals surface area contributed by atoms with Crippen LogP contribution in [0.3, 0.4) is 0 Å². The van der Waals surface area contributed by atoms with Crippen molar-refractivity contribution in [2.75, 3.05) is 0 Å². The molecule has 0 radical (unpaired) electrons. The van der Waals surface area contributed by atoms with E-state index in [-0.39, 0.29) is 29.6 Å². The van der Waals surface area contributed by atoms with Gasteiger partial charge in [0.1, 0.15) is 12.4 Å². The molecule has 31 heavy (non-hydrogen) atoms. The van der Waals surface area contributed by atoms with Crippen LogP contribution in [-0.2, 0) is 11.3 Å². The Morgan fingerprint density at radius 3 is 2.29 bits per heavy atom. The Bertz CT molecular complexity index is 1360. The Morgan fingerprint density at radius 2 is 1.58 bits per heavy atom. The zero-order valence-corrected chi connectivity index (χ0v) is 16.8. The Balaban J connectivity index is 1.77. The van der Waals surface area contributed by atoms with Crippen LogP contribution in [0, 0.1) is 5.82 Å². The van der Waals surface area contributed by atoms with Gasteiger partial charge in [-0.1, -0.05) is 42.5 Å². The van der Waals surface area contributed by atoms with Crippen molar-refractivity contribution in [3.63, 3.8) is 0 Å². The number of para-hydroxylation sites is 1. The number of aromatic nitrogens is 2. The molecule has 0 fully saturated rings. The first-order chi connectivity index (χ1) is 15.0. The number of benzene rings is 3. The van der Waals surface area contributed by atoms with Gasteiger partial charge in [0.05, 0.1) is 22.6 Å². The highest BCUT2D eigenvalue weighted by Crippen LogP contribution is 2.13. The standard InChI is InChI=1S/C24H20FN3O3/c1-16(17-7-3-2-4-8-17)26-22(29)15-27-21-10-6-5-9-20(21)23(30)28(24(27)31)19-13-11-18(25)12-14-19/h2-14,16H,15H2,1H3,(H,26,29). The molecule has 0 aliphatic heterocycles. The zero-order chi connectivity index (χ0) is 22.0. The SMILES string of the molecule is CC(NC(=O)Cn1c(=O)n(-c2ccc(F)cc2)c(=O)c2ccccc21)c1ccccc1. The van der Waals surface area contributed by atoms with Crippen molar-refractivity contribution in [2.45, 2.75) is 19.5 Å². The molecule has 1 N–H and O–H groups in total. The summed E-state index contributed by atoms with van der Waals surface area (Å²) in [5.74, 6) is -0.847. The predicted octanol–water partition coefficient (Wildman–Crippen LogP) is 3.17. The summed E-state index contributed by atoms with van der Waals surface area (Å²) in [5, 5.41) is 3.17.